The van der Waals surface area contributed by atoms with Crippen molar-refractivity contribution in [1.29, 1.82) is 0 Å². The number of nitrogens with zero attached hydrogens (tertiary/aromatic N) is 1. The molecule has 2 nitrogen and oxygen atoms in total. The molecule has 1 aliphatic rings. The zero-order valence-corrected chi connectivity index (χ0v) is 9.02. The molecule has 0 saturated carbocycles. The molecule has 0 aliphatic carbocycles. The Morgan fingerprint density at radius 2 is 1.94 bits per heavy atom. The Morgan fingerprint density at radius 1 is 1.25 bits per heavy atom. The molecule has 1 aliphatic heterocycles. The van der Waals surface area contributed by atoms with Crippen LogP contribution in [0.5, 0.6) is 0 Å². The largest absolute Gasteiger partial charge is 0.326 e. The van der Waals surface area contributed by atoms with Gasteiger partial charge in [-0.05, 0) is 5.56 Å². The van der Waals surface area contributed by atoms with Gasteiger partial charge in [0.2, 0.25) is 6.43 Å². The maximum atomic E-state index is 12.6. The Bertz CT molecular complexity index is 329. The van der Waals surface area contributed by atoms with Gasteiger partial charge in [-0.3, -0.25) is 4.90 Å². The van der Waals surface area contributed by atoms with Crippen LogP contribution in [-0.4, -0.2) is 30.5 Å². The highest BCUT2D eigenvalue weighted by molar-refractivity contribution is 5.14. The van der Waals surface area contributed by atoms with Crippen LogP contribution in [0.4, 0.5) is 8.78 Å². The Hall–Kier alpha value is -1.00. The van der Waals surface area contributed by atoms with Crippen LogP contribution in [0.25, 0.3) is 0 Å². The van der Waals surface area contributed by atoms with Gasteiger partial charge in [0.15, 0.2) is 0 Å². The Morgan fingerprint density at radius 3 is 2.50 bits per heavy atom. The van der Waals surface area contributed by atoms with Gasteiger partial charge in [-0.25, -0.2) is 8.78 Å². The van der Waals surface area contributed by atoms with Gasteiger partial charge in [0.05, 0.1) is 0 Å². The molecule has 1 heterocycles. The van der Waals surface area contributed by atoms with E-state index >= 15 is 0 Å². The first-order valence-corrected chi connectivity index (χ1v) is 5.47. The van der Waals surface area contributed by atoms with Gasteiger partial charge in [-0.15, -0.1) is 0 Å². The summed E-state index contributed by atoms with van der Waals surface area (Å²) in [5, 5.41) is 0. The van der Waals surface area contributed by atoms with Gasteiger partial charge in [-0.2, -0.15) is 0 Å². The van der Waals surface area contributed by atoms with Crippen molar-refractivity contribution in [3.05, 3.63) is 35.9 Å². The molecule has 2 rings (SSSR count). The second-order valence-corrected chi connectivity index (χ2v) is 4.34. The smallest absolute Gasteiger partial charge is 0.244 e. The first-order chi connectivity index (χ1) is 7.66. The van der Waals surface area contributed by atoms with Gasteiger partial charge in [0, 0.05) is 31.6 Å². The molecule has 0 bridgehead atoms. The maximum absolute atomic E-state index is 12.6. The third-order valence-electron chi connectivity index (χ3n) is 3.06. The lowest BCUT2D eigenvalue weighted by Gasteiger charge is -2.15. The molecule has 0 unspecified atom stereocenters. The van der Waals surface area contributed by atoms with Crippen LogP contribution in [-0.2, 0) is 6.54 Å². The summed E-state index contributed by atoms with van der Waals surface area (Å²) in [7, 11) is 0. The van der Waals surface area contributed by atoms with Gasteiger partial charge in [0.25, 0.3) is 0 Å². The first-order valence-electron chi connectivity index (χ1n) is 5.47. The summed E-state index contributed by atoms with van der Waals surface area (Å²) in [5.74, 6) is -0.677. The van der Waals surface area contributed by atoms with Crippen LogP contribution in [0.2, 0.25) is 0 Å². The number of alkyl halides is 2. The molecule has 1 saturated heterocycles. The highest BCUT2D eigenvalue weighted by Gasteiger charge is 2.36. The minimum Gasteiger partial charge on any atom is -0.326 e. The van der Waals surface area contributed by atoms with E-state index in [0.717, 1.165) is 5.56 Å². The van der Waals surface area contributed by atoms with E-state index < -0.39 is 18.4 Å². The van der Waals surface area contributed by atoms with Crippen molar-refractivity contribution in [3.63, 3.8) is 0 Å². The highest BCUT2D eigenvalue weighted by atomic mass is 19.3. The second kappa shape index (κ2) is 4.89. The van der Waals surface area contributed by atoms with Crippen molar-refractivity contribution in [2.75, 3.05) is 13.1 Å². The fraction of sp³-hybridized carbons (Fsp3) is 0.500. The molecule has 1 aromatic carbocycles. The molecule has 2 atom stereocenters. The normalized spacial score (nSPS) is 26.5. The molecule has 0 radical (unpaired) electrons. The van der Waals surface area contributed by atoms with Crippen LogP contribution in [0.15, 0.2) is 30.3 Å². The van der Waals surface area contributed by atoms with E-state index in [1.54, 1.807) is 0 Å². The van der Waals surface area contributed by atoms with Crippen molar-refractivity contribution in [1.82, 2.24) is 4.90 Å². The van der Waals surface area contributed by atoms with Gasteiger partial charge in [0.1, 0.15) is 0 Å². The van der Waals surface area contributed by atoms with E-state index in [0.29, 0.717) is 19.6 Å². The first kappa shape index (κ1) is 11.5. The fourth-order valence-electron chi connectivity index (χ4n) is 2.18. The average Bonchev–Trinajstić information content (AvgIpc) is 2.61. The lowest BCUT2D eigenvalue weighted by Crippen LogP contribution is -2.33. The summed E-state index contributed by atoms with van der Waals surface area (Å²) in [6.07, 6.45) is -2.31. The van der Waals surface area contributed by atoms with E-state index in [9.17, 15) is 8.78 Å². The van der Waals surface area contributed by atoms with Crippen LogP contribution < -0.4 is 5.73 Å². The lowest BCUT2D eigenvalue weighted by molar-refractivity contribution is 0.0742. The van der Waals surface area contributed by atoms with Gasteiger partial charge >= 0.3 is 0 Å². The number of nitrogens with two attached hydrogens (primary N) is 1. The maximum Gasteiger partial charge on any atom is 0.244 e. The second-order valence-electron chi connectivity index (χ2n) is 4.34. The zero-order chi connectivity index (χ0) is 11.5. The lowest BCUT2D eigenvalue weighted by atomic mass is 10.1. The predicted octanol–water partition coefficient (Wildman–Crippen LogP) is 1.71. The van der Waals surface area contributed by atoms with E-state index in [4.69, 9.17) is 5.73 Å². The standard InChI is InChI=1S/C12H16F2N2/c13-12(14)10-7-16(8-11(10)15)6-9-4-2-1-3-5-9/h1-5,10-12H,6-8,15H2/t10-,11-/m1/s1. The van der Waals surface area contributed by atoms with Crippen LogP contribution in [0, 0.1) is 5.92 Å². The highest BCUT2D eigenvalue weighted by Crippen LogP contribution is 2.23. The molecule has 2 N–H and O–H groups in total. The van der Waals surface area contributed by atoms with E-state index in [1.165, 1.54) is 0 Å². The number of benzene rings is 1. The molecule has 4 heteroatoms. The fourth-order valence-corrected chi connectivity index (χ4v) is 2.18. The summed E-state index contributed by atoms with van der Waals surface area (Å²) in [5.41, 5.74) is 6.85. The number of hydrogen-bond acceptors (Lipinski definition) is 2. The summed E-state index contributed by atoms with van der Waals surface area (Å²) >= 11 is 0. The SMILES string of the molecule is N[C@@H]1CN(Cc2ccccc2)C[C@H]1C(F)F. The average molecular weight is 226 g/mol. The molecule has 0 spiro atoms. The Labute approximate surface area is 94.0 Å². The van der Waals surface area contributed by atoms with Crippen molar-refractivity contribution in [3.8, 4) is 0 Å². The molecule has 0 amide bonds. The van der Waals surface area contributed by atoms with Crippen LogP contribution in [0.3, 0.4) is 0 Å². The third-order valence-corrected chi connectivity index (χ3v) is 3.06. The van der Waals surface area contributed by atoms with Crippen LogP contribution >= 0.6 is 0 Å². The van der Waals surface area contributed by atoms with Crippen molar-refractivity contribution < 1.29 is 8.78 Å². The number of halogens is 2. The van der Waals surface area contributed by atoms with Crippen LogP contribution in [0.1, 0.15) is 5.56 Å². The summed E-state index contributed by atoms with van der Waals surface area (Å²) < 4.78 is 25.2. The molecular weight excluding hydrogens is 210 g/mol. The molecule has 88 valence electrons. The van der Waals surface area contributed by atoms with Gasteiger partial charge < -0.3 is 5.73 Å². The number of likely N-dealkylation sites (tertiary alicyclic amines) is 1. The number of hydrogen-bond donors (Lipinski definition) is 1. The topological polar surface area (TPSA) is 29.3 Å². The summed E-state index contributed by atoms with van der Waals surface area (Å²) in [6, 6.07) is 9.46. The summed E-state index contributed by atoms with van der Waals surface area (Å²) in [4.78, 5) is 2.00. The predicted molar refractivity (Wildman–Crippen MR) is 59.2 cm³/mol. The molecule has 1 aromatic rings. The zero-order valence-electron chi connectivity index (χ0n) is 9.02. The van der Waals surface area contributed by atoms with E-state index in [1.807, 2.05) is 35.2 Å². The number of rotatable bonds is 3. The Balaban J connectivity index is 1.94. The molecule has 1 fully saturated rings. The van der Waals surface area contributed by atoms with Crippen molar-refractivity contribution in [2.45, 2.75) is 19.0 Å². The van der Waals surface area contributed by atoms with E-state index in [-0.39, 0.29) is 0 Å². The van der Waals surface area contributed by atoms with Crippen molar-refractivity contribution in [2.24, 2.45) is 11.7 Å². The molecule has 0 aromatic heterocycles. The minimum atomic E-state index is -2.31. The Kier molecular flexibility index (Phi) is 3.51. The van der Waals surface area contributed by atoms with E-state index in [2.05, 4.69) is 0 Å². The molecule has 16 heavy (non-hydrogen) atoms. The van der Waals surface area contributed by atoms with Crippen molar-refractivity contribution >= 4 is 0 Å². The quantitative estimate of drug-likeness (QED) is 0.850. The third kappa shape index (κ3) is 2.57. The monoisotopic (exact) mass is 226 g/mol. The molecular formula is C12H16F2N2. The minimum absolute atomic E-state index is 0.397. The van der Waals surface area contributed by atoms with Gasteiger partial charge in [-0.1, -0.05) is 30.3 Å². The summed E-state index contributed by atoms with van der Waals surface area (Å²) in [6.45, 7) is 1.66.